The van der Waals surface area contributed by atoms with E-state index in [2.05, 4.69) is 41.9 Å². The second-order valence-corrected chi connectivity index (χ2v) is 20.9. The molecule has 25 nitrogen and oxygen atoms in total. The van der Waals surface area contributed by atoms with Crippen LogP contribution in [-0.2, 0) is 57.6 Å². The van der Waals surface area contributed by atoms with E-state index in [1.807, 2.05) is 47.8 Å². The Bertz CT molecular complexity index is 2480. The number of benzene rings is 1. The summed E-state index contributed by atoms with van der Waals surface area (Å²) in [7, 11) is 0. The molecule has 0 saturated carbocycles. The standard InChI is InChI=1S/C50H73N15O10S2/c51-34(14-4-18-56-49(52)53)46(72)65-21-7-17-40(65)47(73)64-20-6-16-39(64)45(71)59-28-41(67)61-37(26-33-13-9-23-77-33)43(69)63-38(29-66)44(70)60-31(24-30-10-2-1-3-11-30)27-58-36(25-32-12-8-22-76-32)42(68)62-35(48(74)75)15-5-19-57-50(54)55/h1-3,8-13,22-23,31,34-40,58,66H,4-7,14-21,24-29,51H2,(H,59,71)(H,60,70)(H,61,67)(H,62,68)(H,63,69)(H,74,75)(H4,52,53,56)(H4,54,55,57)/t31-,34+,35+,36+,37+,38+,39+,40+/m1/s1. The zero-order valence-electron chi connectivity index (χ0n) is 42.9. The van der Waals surface area contributed by atoms with Crippen molar-refractivity contribution < 1.29 is 48.6 Å². The van der Waals surface area contributed by atoms with Gasteiger partial charge in [-0.1, -0.05) is 42.5 Å². The molecule has 2 aromatic heterocycles. The number of aliphatic imine (C=N–C) groups is 2. The summed E-state index contributed by atoms with van der Waals surface area (Å²) in [6.45, 7) is -0.335. The van der Waals surface area contributed by atoms with Gasteiger partial charge in [-0.2, -0.15) is 0 Å². The maximum Gasteiger partial charge on any atom is 0.326 e. The largest absolute Gasteiger partial charge is 0.480 e. The molecule has 0 aliphatic carbocycles. The molecule has 2 aliphatic heterocycles. The van der Waals surface area contributed by atoms with Crippen molar-refractivity contribution in [1.82, 2.24) is 41.7 Å². The molecule has 2 saturated heterocycles. The fourth-order valence-corrected chi connectivity index (χ4v) is 10.6. The molecular weight excluding hydrogens is 1030 g/mol. The van der Waals surface area contributed by atoms with Crippen molar-refractivity contribution in [3.8, 4) is 0 Å². The lowest BCUT2D eigenvalue weighted by Gasteiger charge is -2.32. The molecule has 0 unspecified atom stereocenters. The zero-order chi connectivity index (χ0) is 55.9. The predicted molar refractivity (Wildman–Crippen MR) is 291 cm³/mol. The van der Waals surface area contributed by atoms with Gasteiger partial charge < -0.3 is 80.6 Å². The Balaban J connectivity index is 1.21. The molecule has 0 spiro atoms. The normalized spacial score (nSPS) is 17.4. The average molecular weight is 1110 g/mol. The Morgan fingerprint density at radius 3 is 1.83 bits per heavy atom. The molecule has 5 rings (SSSR count). The average Bonchev–Trinajstić information content (AvgIpc) is 4.27. The van der Waals surface area contributed by atoms with Gasteiger partial charge in [0.2, 0.25) is 41.4 Å². The minimum absolute atomic E-state index is 0.00234. The second-order valence-electron chi connectivity index (χ2n) is 18.8. The van der Waals surface area contributed by atoms with E-state index >= 15 is 0 Å². The molecule has 0 bridgehead atoms. The van der Waals surface area contributed by atoms with E-state index in [-0.39, 0.29) is 75.5 Å². The van der Waals surface area contributed by atoms with E-state index in [0.717, 1.165) is 10.4 Å². The first kappa shape index (κ1) is 60.7. The molecule has 27 heteroatoms. The van der Waals surface area contributed by atoms with Crippen molar-refractivity contribution in [3.05, 3.63) is 80.7 Å². The van der Waals surface area contributed by atoms with Gasteiger partial charge in [-0.3, -0.25) is 43.5 Å². The summed E-state index contributed by atoms with van der Waals surface area (Å²) >= 11 is 2.73. The van der Waals surface area contributed by atoms with E-state index < -0.39 is 97.0 Å². The number of carboxylic acid groups (broad SMARTS) is 1. The summed E-state index contributed by atoms with van der Waals surface area (Å²) in [4.78, 5) is 121. The molecule has 2 fully saturated rings. The number of carbonyl (C=O) groups is 8. The Morgan fingerprint density at radius 2 is 1.23 bits per heavy atom. The van der Waals surface area contributed by atoms with Crippen molar-refractivity contribution >= 4 is 81.9 Å². The number of carbonyl (C=O) groups excluding carboxylic acids is 7. The van der Waals surface area contributed by atoms with Crippen molar-refractivity contribution in [1.29, 1.82) is 0 Å². The molecule has 2 aliphatic rings. The molecule has 4 heterocycles. The Morgan fingerprint density at radius 1 is 0.662 bits per heavy atom. The number of hydrogen-bond donors (Lipinski definition) is 13. The summed E-state index contributed by atoms with van der Waals surface area (Å²) in [6.07, 6.45) is 3.35. The fourth-order valence-electron chi connectivity index (χ4n) is 9.05. The first-order valence-electron chi connectivity index (χ1n) is 25.5. The van der Waals surface area contributed by atoms with Crippen molar-refractivity contribution in [2.24, 2.45) is 38.7 Å². The first-order chi connectivity index (χ1) is 36.9. The van der Waals surface area contributed by atoms with E-state index in [0.29, 0.717) is 56.5 Å². The SMILES string of the molecule is NC(N)=NCCC[C@H](NC(=O)[C@H](Cc1cccs1)NC[C@@H](Cc1ccccc1)NC(=O)[C@H](CO)NC(=O)[C@H](Cc1cccs1)NC(=O)CNC(=O)[C@@H]1CCCN1C(=O)[C@@H]1CCCN1C(=O)[C@@H](N)CCCN=C(N)N)C(=O)O. The van der Waals surface area contributed by atoms with Gasteiger partial charge in [0.15, 0.2) is 11.9 Å². The fraction of sp³-hybridized carbons (Fsp3) is 0.520. The number of rotatable bonds is 31. The first-order valence-corrected chi connectivity index (χ1v) is 27.3. The highest BCUT2D eigenvalue weighted by Crippen LogP contribution is 2.26. The number of aliphatic carboxylic acids is 1. The minimum Gasteiger partial charge on any atom is -0.480 e. The second kappa shape index (κ2) is 31.1. The number of carboxylic acids is 1. The zero-order valence-corrected chi connectivity index (χ0v) is 44.5. The van der Waals surface area contributed by atoms with E-state index in [1.54, 1.807) is 17.5 Å². The number of guanidine groups is 2. The topological polar surface area (TPSA) is 410 Å². The quantitative estimate of drug-likeness (QED) is 0.0178. The highest BCUT2D eigenvalue weighted by Gasteiger charge is 2.43. The van der Waals surface area contributed by atoms with Gasteiger partial charge in [-0.15, -0.1) is 22.7 Å². The van der Waals surface area contributed by atoms with Gasteiger partial charge in [0, 0.05) is 61.4 Å². The summed E-state index contributed by atoms with van der Waals surface area (Å²) < 4.78 is 0. The van der Waals surface area contributed by atoms with Gasteiger partial charge >= 0.3 is 5.97 Å². The Kier molecular flexibility index (Phi) is 24.5. The van der Waals surface area contributed by atoms with Crippen molar-refractivity contribution in [3.63, 3.8) is 0 Å². The molecule has 420 valence electrons. The Labute approximate surface area is 454 Å². The number of hydrogen-bond acceptors (Lipinski definition) is 15. The summed E-state index contributed by atoms with van der Waals surface area (Å²) in [6, 6.07) is 8.03. The van der Waals surface area contributed by atoms with Gasteiger partial charge in [0.05, 0.1) is 25.2 Å². The smallest absolute Gasteiger partial charge is 0.326 e. The van der Waals surface area contributed by atoms with E-state index in [9.17, 15) is 48.6 Å². The number of nitrogens with one attached hydrogen (secondary N) is 6. The highest BCUT2D eigenvalue weighted by atomic mass is 32.1. The summed E-state index contributed by atoms with van der Waals surface area (Å²) in [5.41, 5.74) is 28.6. The van der Waals surface area contributed by atoms with Gasteiger partial charge in [0.25, 0.3) is 0 Å². The van der Waals surface area contributed by atoms with Crippen LogP contribution in [0.3, 0.4) is 0 Å². The molecular formula is C50H73N15O10S2. The third kappa shape index (κ3) is 19.7. The van der Waals surface area contributed by atoms with Crippen molar-refractivity contribution in [2.75, 3.05) is 45.9 Å². The molecule has 8 atom stereocenters. The van der Waals surface area contributed by atoms with Crippen LogP contribution in [0.2, 0.25) is 0 Å². The monoisotopic (exact) mass is 1110 g/mol. The van der Waals surface area contributed by atoms with Crippen LogP contribution in [0.25, 0.3) is 0 Å². The van der Waals surface area contributed by atoms with Crippen LogP contribution in [0.4, 0.5) is 0 Å². The van der Waals surface area contributed by atoms with Crippen LogP contribution >= 0.6 is 22.7 Å². The lowest BCUT2D eigenvalue weighted by atomic mass is 10.0. The van der Waals surface area contributed by atoms with Crippen LogP contribution in [0.1, 0.15) is 66.7 Å². The third-order valence-electron chi connectivity index (χ3n) is 13.0. The third-order valence-corrected chi connectivity index (χ3v) is 14.8. The van der Waals surface area contributed by atoms with Crippen LogP contribution < -0.4 is 60.6 Å². The van der Waals surface area contributed by atoms with E-state index in [4.69, 9.17) is 28.7 Å². The number of aliphatic hydroxyl groups excluding tert-OH is 1. The molecule has 1 aromatic carbocycles. The number of likely N-dealkylation sites (tertiary alicyclic amines) is 2. The number of amides is 7. The number of nitrogens with two attached hydrogens (primary N) is 5. The lowest BCUT2D eigenvalue weighted by Crippen LogP contribution is -2.59. The maximum absolute atomic E-state index is 14.0. The predicted octanol–water partition coefficient (Wildman–Crippen LogP) is -2.66. The van der Waals surface area contributed by atoms with Gasteiger partial charge in [-0.25, -0.2) is 4.79 Å². The summed E-state index contributed by atoms with van der Waals surface area (Å²) in [5, 5.41) is 40.6. The maximum atomic E-state index is 14.0. The number of aliphatic hydroxyl groups is 1. The minimum atomic E-state index is -1.51. The van der Waals surface area contributed by atoms with Crippen LogP contribution in [-0.4, -0.2) is 173 Å². The van der Waals surface area contributed by atoms with Crippen LogP contribution in [0.15, 0.2) is 75.3 Å². The molecule has 7 amide bonds. The Hall–Kier alpha value is -7.20. The number of nitrogens with zero attached hydrogens (tertiary/aromatic N) is 4. The highest BCUT2D eigenvalue weighted by molar-refractivity contribution is 7.10. The van der Waals surface area contributed by atoms with Crippen LogP contribution in [0.5, 0.6) is 0 Å². The molecule has 3 aromatic rings. The molecule has 0 radical (unpaired) electrons. The summed E-state index contributed by atoms with van der Waals surface area (Å²) in [5.74, 6) is -5.72. The lowest BCUT2D eigenvalue weighted by molar-refractivity contribution is -0.147. The van der Waals surface area contributed by atoms with Gasteiger partial charge in [-0.05, 0) is 86.2 Å². The van der Waals surface area contributed by atoms with Crippen LogP contribution in [0, 0.1) is 0 Å². The van der Waals surface area contributed by atoms with Crippen molar-refractivity contribution in [2.45, 2.75) is 119 Å². The van der Waals surface area contributed by atoms with E-state index in [1.165, 1.54) is 32.5 Å². The molecule has 77 heavy (non-hydrogen) atoms. The van der Waals surface area contributed by atoms with Gasteiger partial charge in [0.1, 0.15) is 30.2 Å². The molecule has 18 N–H and O–H groups in total. The number of thiophene rings is 2.